The minimum absolute atomic E-state index is 0.0566. The van der Waals surface area contributed by atoms with Crippen LogP contribution < -0.4 is 21.3 Å². The molecule has 8 heteroatoms. The SMILES string of the molecule is NC(=O)[C@H]1CCCN(CCCNC(=O)c2cccc(N3CCNC3=O)c2)C1. The van der Waals surface area contributed by atoms with Crippen molar-refractivity contribution in [3.8, 4) is 0 Å². The standard InChI is InChI=1S/C19H27N5O3/c20-17(25)15-5-2-9-23(13-15)10-3-7-21-18(26)14-4-1-6-16(12-14)24-11-8-22-19(24)27/h1,4,6,12,15H,2-3,5,7-11,13H2,(H2,20,25)(H,21,26)(H,22,27)/t15-/m0/s1. The Hall–Kier alpha value is -2.61. The third-order valence-electron chi connectivity index (χ3n) is 5.12. The maximum atomic E-state index is 12.4. The molecule has 0 spiro atoms. The van der Waals surface area contributed by atoms with Crippen molar-refractivity contribution in [1.29, 1.82) is 0 Å². The summed E-state index contributed by atoms with van der Waals surface area (Å²) in [6.45, 7) is 4.29. The summed E-state index contributed by atoms with van der Waals surface area (Å²) in [4.78, 5) is 39.3. The number of nitrogens with two attached hydrogens (primary N) is 1. The van der Waals surface area contributed by atoms with Gasteiger partial charge in [0.15, 0.2) is 0 Å². The van der Waals surface area contributed by atoms with Gasteiger partial charge in [-0.25, -0.2) is 4.79 Å². The van der Waals surface area contributed by atoms with Crippen LogP contribution in [0.3, 0.4) is 0 Å². The average molecular weight is 373 g/mol. The fourth-order valence-corrected chi connectivity index (χ4v) is 3.63. The molecular weight excluding hydrogens is 346 g/mol. The largest absolute Gasteiger partial charge is 0.369 e. The molecule has 0 aliphatic carbocycles. The van der Waals surface area contributed by atoms with Gasteiger partial charge >= 0.3 is 6.03 Å². The van der Waals surface area contributed by atoms with Crippen molar-refractivity contribution in [1.82, 2.24) is 15.5 Å². The van der Waals surface area contributed by atoms with Gasteiger partial charge in [-0.2, -0.15) is 0 Å². The second-order valence-electron chi connectivity index (χ2n) is 7.09. The Bertz CT molecular complexity index is 708. The average Bonchev–Trinajstić information content (AvgIpc) is 3.11. The normalized spacial score (nSPS) is 20.4. The van der Waals surface area contributed by atoms with Gasteiger partial charge in [0.2, 0.25) is 5.91 Å². The van der Waals surface area contributed by atoms with E-state index in [1.54, 1.807) is 23.1 Å². The Morgan fingerprint density at radius 3 is 2.89 bits per heavy atom. The number of amides is 4. The minimum Gasteiger partial charge on any atom is -0.369 e. The van der Waals surface area contributed by atoms with Gasteiger partial charge in [-0.3, -0.25) is 14.5 Å². The summed E-state index contributed by atoms with van der Waals surface area (Å²) in [5.41, 5.74) is 6.67. The van der Waals surface area contributed by atoms with Gasteiger partial charge in [0.25, 0.3) is 5.91 Å². The third-order valence-corrected chi connectivity index (χ3v) is 5.12. The number of anilines is 1. The van der Waals surface area contributed by atoms with Crippen LogP contribution in [0.15, 0.2) is 24.3 Å². The number of benzene rings is 1. The molecule has 2 aliphatic rings. The van der Waals surface area contributed by atoms with Gasteiger partial charge in [0.05, 0.1) is 5.92 Å². The highest BCUT2D eigenvalue weighted by Crippen LogP contribution is 2.18. The molecule has 0 bridgehead atoms. The molecule has 3 rings (SSSR count). The number of primary amides is 1. The predicted octanol–water partition coefficient (Wildman–Crippen LogP) is 0.533. The summed E-state index contributed by atoms with van der Waals surface area (Å²) < 4.78 is 0. The molecule has 1 aromatic rings. The monoisotopic (exact) mass is 373 g/mol. The highest BCUT2D eigenvalue weighted by atomic mass is 16.2. The highest BCUT2D eigenvalue weighted by Gasteiger charge is 2.24. The lowest BCUT2D eigenvalue weighted by Crippen LogP contribution is -2.42. The first-order valence-corrected chi connectivity index (χ1v) is 9.50. The number of hydrogen-bond acceptors (Lipinski definition) is 4. The summed E-state index contributed by atoms with van der Waals surface area (Å²) in [5.74, 6) is -0.427. The molecule has 2 aliphatic heterocycles. The molecule has 27 heavy (non-hydrogen) atoms. The van der Waals surface area contributed by atoms with Crippen molar-refractivity contribution in [2.24, 2.45) is 11.7 Å². The van der Waals surface area contributed by atoms with Gasteiger partial charge in [-0.05, 0) is 50.6 Å². The quantitative estimate of drug-likeness (QED) is 0.606. The molecular formula is C19H27N5O3. The number of hydrogen-bond donors (Lipinski definition) is 3. The van der Waals surface area contributed by atoms with E-state index in [9.17, 15) is 14.4 Å². The van der Waals surface area contributed by atoms with E-state index >= 15 is 0 Å². The Balaban J connectivity index is 1.44. The zero-order chi connectivity index (χ0) is 19.2. The van der Waals surface area contributed by atoms with E-state index in [0.29, 0.717) is 31.7 Å². The number of piperidine rings is 1. The molecule has 2 saturated heterocycles. The lowest BCUT2D eigenvalue weighted by molar-refractivity contribution is -0.123. The third kappa shape index (κ3) is 4.97. The first-order chi connectivity index (χ1) is 13.0. The van der Waals surface area contributed by atoms with Crippen molar-refractivity contribution in [3.63, 3.8) is 0 Å². The van der Waals surface area contributed by atoms with Crippen LogP contribution in [0.25, 0.3) is 0 Å². The molecule has 0 radical (unpaired) electrons. The lowest BCUT2D eigenvalue weighted by atomic mass is 9.97. The zero-order valence-corrected chi connectivity index (χ0v) is 15.4. The van der Waals surface area contributed by atoms with Crippen LogP contribution in [-0.2, 0) is 4.79 Å². The maximum Gasteiger partial charge on any atom is 0.321 e. The number of urea groups is 1. The number of carbonyl (C=O) groups is 3. The van der Waals surface area contributed by atoms with Crippen LogP contribution >= 0.6 is 0 Å². The van der Waals surface area contributed by atoms with E-state index in [-0.39, 0.29) is 23.8 Å². The Kier molecular flexibility index (Phi) is 6.28. The summed E-state index contributed by atoms with van der Waals surface area (Å²) in [5, 5.41) is 5.68. The van der Waals surface area contributed by atoms with Crippen molar-refractivity contribution >= 4 is 23.5 Å². The Morgan fingerprint density at radius 2 is 2.15 bits per heavy atom. The van der Waals surface area contributed by atoms with Gasteiger partial charge in [-0.15, -0.1) is 0 Å². The minimum atomic E-state index is -0.223. The van der Waals surface area contributed by atoms with Crippen LogP contribution in [0.4, 0.5) is 10.5 Å². The zero-order valence-electron chi connectivity index (χ0n) is 15.4. The summed E-state index contributed by atoms with van der Waals surface area (Å²) in [6.07, 6.45) is 2.66. The smallest absolute Gasteiger partial charge is 0.321 e. The molecule has 146 valence electrons. The van der Waals surface area contributed by atoms with E-state index in [1.807, 2.05) is 6.07 Å². The molecule has 1 aromatic carbocycles. The fraction of sp³-hybridized carbons (Fsp3) is 0.526. The summed E-state index contributed by atoms with van der Waals surface area (Å²) in [6, 6.07) is 6.96. The molecule has 4 N–H and O–H groups in total. The predicted molar refractivity (Wildman–Crippen MR) is 102 cm³/mol. The van der Waals surface area contributed by atoms with Gasteiger partial charge in [0, 0.05) is 37.4 Å². The lowest BCUT2D eigenvalue weighted by Gasteiger charge is -2.31. The molecule has 2 heterocycles. The second-order valence-corrected chi connectivity index (χ2v) is 7.09. The first kappa shape index (κ1) is 19.2. The number of rotatable bonds is 7. The number of carbonyl (C=O) groups excluding carboxylic acids is 3. The van der Waals surface area contributed by atoms with Crippen LogP contribution in [0, 0.1) is 5.92 Å². The highest BCUT2D eigenvalue weighted by molar-refractivity contribution is 5.98. The van der Waals surface area contributed by atoms with E-state index in [1.165, 1.54) is 0 Å². The van der Waals surface area contributed by atoms with Crippen LogP contribution in [-0.4, -0.2) is 62.0 Å². The van der Waals surface area contributed by atoms with Gasteiger partial charge in [-0.1, -0.05) is 6.07 Å². The molecule has 8 nitrogen and oxygen atoms in total. The number of nitrogens with one attached hydrogen (secondary N) is 2. The van der Waals surface area contributed by atoms with Crippen molar-refractivity contribution in [2.45, 2.75) is 19.3 Å². The van der Waals surface area contributed by atoms with E-state index in [4.69, 9.17) is 5.73 Å². The van der Waals surface area contributed by atoms with E-state index < -0.39 is 0 Å². The molecule has 4 amide bonds. The van der Waals surface area contributed by atoms with E-state index in [2.05, 4.69) is 15.5 Å². The van der Waals surface area contributed by atoms with Crippen LogP contribution in [0.5, 0.6) is 0 Å². The number of nitrogens with zero attached hydrogens (tertiary/aromatic N) is 2. The molecule has 0 saturated carbocycles. The maximum absolute atomic E-state index is 12.4. The molecule has 1 atom stereocenters. The topological polar surface area (TPSA) is 108 Å². The van der Waals surface area contributed by atoms with Gasteiger partial charge < -0.3 is 21.3 Å². The van der Waals surface area contributed by atoms with Gasteiger partial charge in [0.1, 0.15) is 0 Å². The summed E-state index contributed by atoms with van der Waals surface area (Å²) in [7, 11) is 0. The Morgan fingerprint density at radius 1 is 1.30 bits per heavy atom. The Labute approximate surface area is 159 Å². The van der Waals surface area contributed by atoms with Crippen LogP contribution in [0.1, 0.15) is 29.6 Å². The van der Waals surface area contributed by atoms with E-state index in [0.717, 1.165) is 38.0 Å². The number of likely N-dealkylation sites (tertiary alicyclic amines) is 1. The van der Waals surface area contributed by atoms with Crippen molar-refractivity contribution in [3.05, 3.63) is 29.8 Å². The second kappa shape index (κ2) is 8.85. The summed E-state index contributed by atoms with van der Waals surface area (Å²) >= 11 is 0. The molecule has 2 fully saturated rings. The molecule has 0 unspecified atom stereocenters. The van der Waals surface area contributed by atoms with Crippen molar-refractivity contribution in [2.75, 3.05) is 44.2 Å². The van der Waals surface area contributed by atoms with Crippen LogP contribution in [0.2, 0.25) is 0 Å². The molecule has 0 aromatic heterocycles. The fourth-order valence-electron chi connectivity index (χ4n) is 3.63. The van der Waals surface area contributed by atoms with Crippen molar-refractivity contribution < 1.29 is 14.4 Å². The first-order valence-electron chi connectivity index (χ1n) is 9.50.